The molecule has 5 nitrogen and oxygen atoms in total. The number of aliphatic carboxylic acids is 1. The summed E-state index contributed by atoms with van der Waals surface area (Å²) in [5.41, 5.74) is -0.758. The van der Waals surface area contributed by atoms with E-state index in [1.165, 1.54) is 25.7 Å². The van der Waals surface area contributed by atoms with Crippen molar-refractivity contribution in [1.82, 2.24) is 4.90 Å². The van der Waals surface area contributed by atoms with Gasteiger partial charge in [-0.2, -0.15) is 0 Å². The quantitative estimate of drug-likeness (QED) is 0.850. The number of rotatable bonds is 4. The molecule has 0 unspecified atom stereocenters. The van der Waals surface area contributed by atoms with Crippen LogP contribution in [-0.2, 0) is 14.3 Å². The fourth-order valence-corrected chi connectivity index (χ4v) is 4.38. The number of hydrogen-bond donors (Lipinski definition) is 1. The highest BCUT2D eigenvalue weighted by Crippen LogP contribution is 2.51. The molecule has 116 valence electrons. The van der Waals surface area contributed by atoms with Crippen LogP contribution in [0.1, 0.15) is 32.1 Å². The van der Waals surface area contributed by atoms with Gasteiger partial charge >= 0.3 is 5.97 Å². The van der Waals surface area contributed by atoms with E-state index in [2.05, 4.69) is 0 Å². The minimum Gasteiger partial charge on any atom is -0.481 e. The molecule has 4 aliphatic rings. The van der Waals surface area contributed by atoms with Crippen LogP contribution in [0.15, 0.2) is 0 Å². The maximum Gasteiger partial charge on any atom is 0.311 e. The van der Waals surface area contributed by atoms with E-state index in [1.54, 1.807) is 0 Å². The summed E-state index contributed by atoms with van der Waals surface area (Å²) in [5.74, 6) is 0.772. The van der Waals surface area contributed by atoms with Crippen molar-refractivity contribution >= 4 is 11.9 Å². The normalized spacial score (nSPS) is 35.9. The Bertz CT molecular complexity index is 459. The van der Waals surface area contributed by atoms with Crippen LogP contribution in [0.4, 0.5) is 0 Å². The van der Waals surface area contributed by atoms with Crippen LogP contribution in [0.5, 0.6) is 0 Å². The van der Waals surface area contributed by atoms with Crippen LogP contribution in [0.3, 0.4) is 0 Å². The van der Waals surface area contributed by atoms with Crippen molar-refractivity contribution in [3.8, 4) is 0 Å². The molecule has 0 aromatic carbocycles. The number of ether oxygens (including phenoxy) is 1. The minimum absolute atomic E-state index is 0.0354. The van der Waals surface area contributed by atoms with E-state index >= 15 is 0 Å². The summed E-state index contributed by atoms with van der Waals surface area (Å²) in [5, 5.41) is 9.69. The largest absolute Gasteiger partial charge is 0.481 e. The van der Waals surface area contributed by atoms with Crippen molar-refractivity contribution < 1.29 is 19.4 Å². The third-order valence-corrected chi connectivity index (χ3v) is 5.99. The first-order chi connectivity index (χ1) is 10.1. The number of carboxylic acids is 1. The van der Waals surface area contributed by atoms with Gasteiger partial charge in [-0.25, -0.2) is 0 Å². The van der Waals surface area contributed by atoms with Crippen LogP contribution in [0.2, 0.25) is 0 Å². The Morgan fingerprint density at radius 1 is 1.19 bits per heavy atom. The molecule has 2 saturated heterocycles. The number of fused-ring (bicyclic) bond motifs is 1. The number of amides is 1. The molecule has 0 bridgehead atoms. The van der Waals surface area contributed by atoms with Gasteiger partial charge in [0.1, 0.15) is 0 Å². The molecule has 0 spiro atoms. The first kappa shape index (κ1) is 13.6. The monoisotopic (exact) mass is 293 g/mol. The summed E-state index contributed by atoms with van der Waals surface area (Å²) in [6.07, 6.45) is 5.25. The van der Waals surface area contributed by atoms with Gasteiger partial charge in [0, 0.05) is 31.5 Å². The topological polar surface area (TPSA) is 66.8 Å². The SMILES string of the molecule is O=C(C(C1CC1)C1CC1)N1C[C@H]2COCC[C@@]2(C(=O)O)C1. The summed E-state index contributed by atoms with van der Waals surface area (Å²) >= 11 is 0. The second-order valence-electron chi connectivity index (χ2n) is 7.40. The highest BCUT2D eigenvalue weighted by atomic mass is 16.5. The van der Waals surface area contributed by atoms with Gasteiger partial charge in [0.15, 0.2) is 0 Å². The Morgan fingerprint density at radius 2 is 1.86 bits per heavy atom. The molecule has 2 heterocycles. The summed E-state index contributed by atoms with van der Waals surface area (Å²) in [7, 11) is 0. The van der Waals surface area contributed by atoms with Crippen LogP contribution in [0.25, 0.3) is 0 Å². The lowest BCUT2D eigenvalue weighted by Crippen LogP contribution is -2.45. The molecule has 1 N–H and O–H groups in total. The zero-order chi connectivity index (χ0) is 14.6. The van der Waals surface area contributed by atoms with Crippen molar-refractivity contribution in [2.45, 2.75) is 32.1 Å². The van der Waals surface area contributed by atoms with Gasteiger partial charge in [-0.1, -0.05) is 0 Å². The van der Waals surface area contributed by atoms with Crippen LogP contribution >= 0.6 is 0 Å². The molecule has 0 aromatic heterocycles. The highest BCUT2D eigenvalue weighted by Gasteiger charge is 2.57. The Morgan fingerprint density at radius 3 is 2.38 bits per heavy atom. The van der Waals surface area contributed by atoms with Crippen molar-refractivity contribution in [2.24, 2.45) is 29.1 Å². The fraction of sp³-hybridized carbons (Fsp3) is 0.875. The van der Waals surface area contributed by atoms with Crippen molar-refractivity contribution in [2.75, 3.05) is 26.3 Å². The van der Waals surface area contributed by atoms with Crippen LogP contribution < -0.4 is 0 Å². The van der Waals surface area contributed by atoms with Crippen molar-refractivity contribution in [3.63, 3.8) is 0 Å². The number of nitrogens with zero attached hydrogens (tertiary/aromatic N) is 1. The van der Waals surface area contributed by atoms with Gasteiger partial charge in [-0.15, -0.1) is 0 Å². The maximum absolute atomic E-state index is 12.9. The molecule has 4 rings (SSSR count). The summed E-state index contributed by atoms with van der Waals surface area (Å²) in [4.78, 5) is 26.6. The van der Waals surface area contributed by atoms with Gasteiger partial charge in [0.25, 0.3) is 0 Å². The molecule has 2 atom stereocenters. The third kappa shape index (κ3) is 2.17. The summed E-state index contributed by atoms with van der Waals surface area (Å²) in [6, 6.07) is 0. The Hall–Kier alpha value is -1.10. The van der Waals surface area contributed by atoms with Crippen LogP contribution in [-0.4, -0.2) is 48.2 Å². The first-order valence-electron chi connectivity index (χ1n) is 8.22. The molecule has 4 fully saturated rings. The van der Waals surface area contributed by atoms with Crippen molar-refractivity contribution in [1.29, 1.82) is 0 Å². The lowest BCUT2D eigenvalue weighted by Gasteiger charge is -2.34. The first-order valence-corrected chi connectivity index (χ1v) is 8.22. The Balaban J connectivity index is 1.53. The zero-order valence-corrected chi connectivity index (χ0v) is 12.3. The molecule has 2 aliphatic carbocycles. The van der Waals surface area contributed by atoms with E-state index < -0.39 is 11.4 Å². The predicted molar refractivity (Wildman–Crippen MR) is 74.5 cm³/mol. The molecular formula is C16H23NO4. The lowest BCUT2D eigenvalue weighted by molar-refractivity contribution is -0.157. The number of carboxylic acid groups (broad SMARTS) is 1. The lowest BCUT2D eigenvalue weighted by atomic mass is 9.74. The van der Waals surface area contributed by atoms with E-state index in [0.717, 1.165) is 0 Å². The van der Waals surface area contributed by atoms with Gasteiger partial charge in [0.2, 0.25) is 5.91 Å². The smallest absolute Gasteiger partial charge is 0.311 e. The van der Waals surface area contributed by atoms with Crippen LogP contribution in [0, 0.1) is 29.1 Å². The Labute approximate surface area is 124 Å². The molecular weight excluding hydrogens is 270 g/mol. The summed E-state index contributed by atoms with van der Waals surface area (Å²) < 4.78 is 5.47. The minimum atomic E-state index is -0.758. The number of hydrogen-bond acceptors (Lipinski definition) is 3. The number of likely N-dealkylation sites (tertiary alicyclic amines) is 1. The molecule has 2 aliphatic heterocycles. The molecule has 2 saturated carbocycles. The van der Waals surface area contributed by atoms with Gasteiger partial charge < -0.3 is 14.7 Å². The second kappa shape index (κ2) is 4.70. The second-order valence-corrected chi connectivity index (χ2v) is 7.40. The standard InChI is InChI=1S/C16H23NO4/c18-14(13(10-1-2-10)11-3-4-11)17-7-12-8-21-6-5-16(12,9-17)15(19)20/h10-13H,1-9H2,(H,19,20)/t12-,16+/m0/s1. The van der Waals surface area contributed by atoms with Gasteiger partial charge in [-0.3, -0.25) is 9.59 Å². The molecule has 5 heteroatoms. The van der Waals surface area contributed by atoms with Gasteiger partial charge in [0.05, 0.1) is 12.0 Å². The molecule has 21 heavy (non-hydrogen) atoms. The molecule has 0 radical (unpaired) electrons. The van der Waals surface area contributed by atoms with E-state index in [-0.39, 0.29) is 17.7 Å². The Kier molecular flexibility index (Phi) is 3.03. The third-order valence-electron chi connectivity index (χ3n) is 5.99. The molecule has 1 amide bonds. The number of carbonyl (C=O) groups excluding carboxylic acids is 1. The van der Waals surface area contributed by atoms with E-state index in [1.807, 2.05) is 4.90 Å². The average Bonchev–Trinajstić information content (AvgIpc) is 3.38. The molecule has 0 aromatic rings. The van der Waals surface area contributed by atoms with Gasteiger partial charge in [-0.05, 0) is 43.9 Å². The van der Waals surface area contributed by atoms with E-state index in [4.69, 9.17) is 4.74 Å². The highest BCUT2D eigenvalue weighted by molar-refractivity contribution is 5.83. The summed E-state index contributed by atoms with van der Waals surface area (Å²) in [6.45, 7) is 1.94. The van der Waals surface area contributed by atoms with E-state index in [0.29, 0.717) is 44.6 Å². The number of carbonyl (C=O) groups is 2. The zero-order valence-electron chi connectivity index (χ0n) is 12.3. The average molecular weight is 293 g/mol. The maximum atomic E-state index is 12.9. The predicted octanol–water partition coefficient (Wildman–Crippen LogP) is 1.37. The van der Waals surface area contributed by atoms with Crippen molar-refractivity contribution in [3.05, 3.63) is 0 Å². The fourth-order valence-electron chi connectivity index (χ4n) is 4.38. The van der Waals surface area contributed by atoms with E-state index in [9.17, 15) is 14.7 Å².